The molecule has 0 radical (unpaired) electrons. The van der Waals surface area contributed by atoms with E-state index in [-0.39, 0.29) is 5.97 Å². The van der Waals surface area contributed by atoms with Crippen molar-refractivity contribution in [1.29, 1.82) is 0 Å². The third-order valence-corrected chi connectivity index (χ3v) is 7.58. The van der Waals surface area contributed by atoms with Gasteiger partial charge in [0.25, 0.3) is 0 Å². The predicted octanol–water partition coefficient (Wildman–Crippen LogP) is 9.69. The summed E-state index contributed by atoms with van der Waals surface area (Å²) in [6.45, 7) is 15.5. The highest BCUT2D eigenvalue weighted by atomic mass is 16.7. The molecule has 0 amide bonds. The van der Waals surface area contributed by atoms with E-state index in [4.69, 9.17) is 9.47 Å². The summed E-state index contributed by atoms with van der Waals surface area (Å²) in [6, 6.07) is 7.92. The largest absolute Gasteiger partial charge is 0.430 e. The Morgan fingerprint density at radius 1 is 1.00 bits per heavy atom. The molecule has 0 aliphatic heterocycles. The van der Waals surface area contributed by atoms with Crippen molar-refractivity contribution >= 4 is 5.97 Å². The molecule has 1 aliphatic rings. The summed E-state index contributed by atoms with van der Waals surface area (Å²) in [4.78, 5) is 13.0. The second kappa shape index (κ2) is 17.1. The number of rotatable bonds is 14. The highest BCUT2D eigenvalue weighted by Crippen LogP contribution is 2.32. The quantitative estimate of drug-likeness (QED) is 0.199. The number of carbonyl (C=O) groups is 1. The molecule has 196 valence electrons. The minimum absolute atomic E-state index is 0.271. The van der Waals surface area contributed by atoms with E-state index in [0.29, 0.717) is 24.0 Å². The first-order chi connectivity index (χ1) is 16.4. The molecule has 0 bridgehead atoms. The lowest BCUT2D eigenvalue weighted by molar-refractivity contribution is -0.199. The molecule has 0 spiro atoms. The van der Waals surface area contributed by atoms with Crippen LogP contribution in [0.1, 0.15) is 147 Å². The molecule has 3 atom stereocenters. The van der Waals surface area contributed by atoms with Gasteiger partial charge in [-0.15, -0.1) is 0 Å². The Labute approximate surface area is 211 Å². The van der Waals surface area contributed by atoms with Gasteiger partial charge in [0.15, 0.2) is 0 Å². The van der Waals surface area contributed by atoms with Gasteiger partial charge in [-0.25, -0.2) is 4.79 Å². The number of ether oxygens (including phenoxy) is 2. The summed E-state index contributed by atoms with van der Waals surface area (Å²) in [5.74, 6) is 0.801. The maximum absolute atomic E-state index is 13.0. The van der Waals surface area contributed by atoms with Crippen molar-refractivity contribution in [1.82, 2.24) is 0 Å². The van der Waals surface area contributed by atoms with Crippen LogP contribution in [-0.2, 0) is 9.47 Å². The highest BCUT2D eigenvalue weighted by Gasteiger charge is 2.32. The van der Waals surface area contributed by atoms with Crippen LogP contribution in [0.4, 0.5) is 0 Å². The number of hydrogen-bond donors (Lipinski definition) is 0. The van der Waals surface area contributed by atoms with Crippen LogP contribution in [0.15, 0.2) is 24.3 Å². The van der Waals surface area contributed by atoms with Crippen molar-refractivity contribution in [3.8, 4) is 0 Å². The lowest BCUT2D eigenvalue weighted by Crippen LogP contribution is -2.36. The van der Waals surface area contributed by atoms with Crippen LogP contribution in [0.25, 0.3) is 0 Å². The zero-order valence-corrected chi connectivity index (χ0v) is 23.5. The SMILES string of the molecule is CC.CCCC(CC)CCOC(C)(CCC1CCCCC1)OC(=O)c1ccc(C(C)CC)cc1. The zero-order valence-electron chi connectivity index (χ0n) is 23.5. The molecule has 2 rings (SSSR count). The first-order valence-electron chi connectivity index (χ1n) is 14.4. The van der Waals surface area contributed by atoms with E-state index in [1.165, 1.54) is 56.9 Å². The Kier molecular flexibility index (Phi) is 15.5. The fraction of sp³-hybridized carbons (Fsp3) is 0.774. The van der Waals surface area contributed by atoms with Crippen LogP contribution >= 0.6 is 0 Å². The van der Waals surface area contributed by atoms with E-state index < -0.39 is 5.79 Å². The number of carbonyl (C=O) groups excluding carboxylic acids is 1. The Bertz CT molecular complexity index is 647. The maximum Gasteiger partial charge on any atom is 0.340 e. The van der Waals surface area contributed by atoms with Crippen molar-refractivity contribution < 1.29 is 14.3 Å². The molecule has 3 heteroatoms. The van der Waals surface area contributed by atoms with E-state index >= 15 is 0 Å². The predicted molar refractivity (Wildman–Crippen MR) is 145 cm³/mol. The third kappa shape index (κ3) is 10.9. The van der Waals surface area contributed by atoms with Gasteiger partial charge in [0.05, 0.1) is 12.2 Å². The van der Waals surface area contributed by atoms with Gasteiger partial charge in [0, 0.05) is 13.3 Å². The molecular formula is C31H54O3. The summed E-state index contributed by atoms with van der Waals surface area (Å²) in [6.07, 6.45) is 14.2. The highest BCUT2D eigenvalue weighted by molar-refractivity contribution is 5.89. The van der Waals surface area contributed by atoms with Crippen molar-refractivity contribution in [3.63, 3.8) is 0 Å². The molecule has 1 aromatic rings. The molecule has 1 fully saturated rings. The molecule has 3 nitrogen and oxygen atoms in total. The second-order valence-electron chi connectivity index (χ2n) is 10.2. The van der Waals surface area contributed by atoms with Crippen LogP contribution in [-0.4, -0.2) is 18.4 Å². The zero-order chi connectivity index (χ0) is 25.4. The van der Waals surface area contributed by atoms with Crippen LogP contribution in [0.2, 0.25) is 0 Å². The lowest BCUT2D eigenvalue weighted by Gasteiger charge is -2.32. The number of hydrogen-bond acceptors (Lipinski definition) is 3. The first kappa shape index (κ1) is 30.7. The summed E-state index contributed by atoms with van der Waals surface area (Å²) in [7, 11) is 0. The third-order valence-electron chi connectivity index (χ3n) is 7.58. The minimum Gasteiger partial charge on any atom is -0.430 e. The Morgan fingerprint density at radius 3 is 2.21 bits per heavy atom. The van der Waals surface area contributed by atoms with E-state index in [0.717, 1.165) is 31.6 Å². The average Bonchev–Trinajstić information content (AvgIpc) is 2.88. The molecule has 1 saturated carbocycles. The summed E-state index contributed by atoms with van der Waals surface area (Å²) in [5, 5.41) is 0. The molecule has 1 aromatic carbocycles. The average molecular weight is 475 g/mol. The van der Waals surface area contributed by atoms with Gasteiger partial charge in [-0.2, -0.15) is 0 Å². The Balaban J connectivity index is 0.00000281. The molecule has 0 heterocycles. The van der Waals surface area contributed by atoms with Crippen LogP contribution in [0.3, 0.4) is 0 Å². The van der Waals surface area contributed by atoms with Gasteiger partial charge in [0.1, 0.15) is 0 Å². The molecule has 1 aliphatic carbocycles. The molecule has 0 saturated heterocycles. The van der Waals surface area contributed by atoms with Gasteiger partial charge in [-0.3, -0.25) is 0 Å². The fourth-order valence-electron chi connectivity index (χ4n) is 4.94. The van der Waals surface area contributed by atoms with Gasteiger partial charge < -0.3 is 9.47 Å². The van der Waals surface area contributed by atoms with Gasteiger partial charge in [-0.05, 0) is 54.7 Å². The van der Waals surface area contributed by atoms with Crippen molar-refractivity contribution in [2.24, 2.45) is 11.8 Å². The van der Waals surface area contributed by atoms with Crippen LogP contribution < -0.4 is 0 Å². The molecule has 34 heavy (non-hydrogen) atoms. The molecular weight excluding hydrogens is 420 g/mol. The van der Waals surface area contributed by atoms with Crippen LogP contribution in [0, 0.1) is 11.8 Å². The molecule has 3 unspecified atom stereocenters. The smallest absolute Gasteiger partial charge is 0.340 e. The van der Waals surface area contributed by atoms with E-state index in [2.05, 4.69) is 39.8 Å². The Morgan fingerprint density at radius 2 is 1.65 bits per heavy atom. The van der Waals surface area contributed by atoms with Crippen molar-refractivity contribution in [2.45, 2.75) is 137 Å². The van der Waals surface area contributed by atoms with E-state index in [1.807, 2.05) is 32.9 Å². The van der Waals surface area contributed by atoms with E-state index in [9.17, 15) is 4.79 Å². The van der Waals surface area contributed by atoms with E-state index in [1.54, 1.807) is 0 Å². The lowest BCUT2D eigenvalue weighted by atomic mass is 9.85. The summed E-state index contributed by atoms with van der Waals surface area (Å²) < 4.78 is 12.4. The van der Waals surface area contributed by atoms with Gasteiger partial charge in [0.2, 0.25) is 5.79 Å². The first-order valence-corrected chi connectivity index (χ1v) is 14.4. The summed E-state index contributed by atoms with van der Waals surface area (Å²) >= 11 is 0. The topological polar surface area (TPSA) is 35.5 Å². The standard InChI is InChI=1S/C29H48O3.C2H6/c1-6-12-24(8-3)20-22-31-29(5,21-19-25-13-10-9-11-14-25)32-28(30)27-17-15-26(16-18-27)23(4)7-2;1-2/h15-18,23-25H,6-14,19-22H2,1-5H3;1-2H3. The van der Waals surface area contributed by atoms with Crippen molar-refractivity contribution in [2.75, 3.05) is 6.61 Å². The van der Waals surface area contributed by atoms with Crippen LogP contribution in [0.5, 0.6) is 0 Å². The Hall–Kier alpha value is -1.35. The second-order valence-corrected chi connectivity index (χ2v) is 10.2. The van der Waals surface area contributed by atoms with Gasteiger partial charge in [-0.1, -0.05) is 105 Å². The monoisotopic (exact) mass is 474 g/mol. The fourth-order valence-corrected chi connectivity index (χ4v) is 4.94. The van der Waals surface area contributed by atoms with Gasteiger partial charge >= 0.3 is 5.97 Å². The molecule has 0 aromatic heterocycles. The number of benzene rings is 1. The number of esters is 1. The normalized spacial score (nSPS) is 17.7. The summed E-state index contributed by atoms with van der Waals surface area (Å²) in [5.41, 5.74) is 1.88. The van der Waals surface area contributed by atoms with Crippen molar-refractivity contribution in [3.05, 3.63) is 35.4 Å². The minimum atomic E-state index is -0.853. The maximum atomic E-state index is 13.0. The molecule has 0 N–H and O–H groups in total.